The second-order valence-electron chi connectivity index (χ2n) is 4.79. The van der Waals surface area contributed by atoms with Crippen molar-refractivity contribution in [2.24, 2.45) is 0 Å². The standard InChI is InChI=1S/C16H15N5OS/c1-23-14-9-5-8-13(10-14)17-15(22)11-21-19-16(18-20-21)12-6-3-2-4-7-12/h2-10H,11H2,1H3,(H,17,22). The Balaban J connectivity index is 1.65. The van der Waals surface area contributed by atoms with Gasteiger partial charge in [-0.15, -0.1) is 22.0 Å². The van der Waals surface area contributed by atoms with Gasteiger partial charge in [-0.1, -0.05) is 36.4 Å². The maximum absolute atomic E-state index is 12.1. The van der Waals surface area contributed by atoms with E-state index in [4.69, 9.17) is 0 Å². The zero-order valence-corrected chi connectivity index (χ0v) is 13.3. The summed E-state index contributed by atoms with van der Waals surface area (Å²) < 4.78 is 0. The van der Waals surface area contributed by atoms with Gasteiger partial charge in [0.2, 0.25) is 11.7 Å². The monoisotopic (exact) mass is 325 g/mol. The van der Waals surface area contributed by atoms with Crippen LogP contribution in [0, 0.1) is 0 Å². The van der Waals surface area contributed by atoms with E-state index in [0.717, 1.165) is 16.1 Å². The van der Waals surface area contributed by atoms with E-state index in [1.165, 1.54) is 4.80 Å². The Morgan fingerprint density at radius 2 is 2.00 bits per heavy atom. The van der Waals surface area contributed by atoms with Crippen molar-refractivity contribution in [3.05, 3.63) is 54.6 Å². The summed E-state index contributed by atoms with van der Waals surface area (Å²) in [4.78, 5) is 14.5. The van der Waals surface area contributed by atoms with Crippen LogP contribution in [0.15, 0.2) is 59.5 Å². The number of tetrazole rings is 1. The number of nitrogens with one attached hydrogen (secondary N) is 1. The molecule has 1 heterocycles. The molecule has 23 heavy (non-hydrogen) atoms. The summed E-state index contributed by atoms with van der Waals surface area (Å²) in [5.41, 5.74) is 1.62. The first-order chi connectivity index (χ1) is 11.2. The van der Waals surface area contributed by atoms with Crippen molar-refractivity contribution in [2.75, 3.05) is 11.6 Å². The maximum Gasteiger partial charge on any atom is 0.248 e. The molecule has 0 bridgehead atoms. The first kappa shape index (κ1) is 15.2. The molecule has 0 radical (unpaired) electrons. The molecule has 0 saturated carbocycles. The lowest BCUT2D eigenvalue weighted by Gasteiger charge is -2.05. The number of hydrogen-bond donors (Lipinski definition) is 1. The van der Waals surface area contributed by atoms with Gasteiger partial charge in [0.05, 0.1) is 0 Å². The Labute approximate surface area is 137 Å². The average Bonchev–Trinajstić information content (AvgIpc) is 3.04. The SMILES string of the molecule is CSc1cccc(NC(=O)Cn2nnc(-c3ccccc3)n2)c1. The van der Waals surface area contributed by atoms with Crippen molar-refractivity contribution in [3.8, 4) is 11.4 Å². The minimum absolute atomic E-state index is 0.0172. The van der Waals surface area contributed by atoms with Crippen LogP contribution in [0.4, 0.5) is 5.69 Å². The molecule has 6 nitrogen and oxygen atoms in total. The van der Waals surface area contributed by atoms with Crippen LogP contribution >= 0.6 is 11.8 Å². The molecular formula is C16H15N5OS. The average molecular weight is 325 g/mol. The van der Waals surface area contributed by atoms with Gasteiger partial charge in [-0.25, -0.2) is 0 Å². The highest BCUT2D eigenvalue weighted by atomic mass is 32.2. The largest absolute Gasteiger partial charge is 0.324 e. The summed E-state index contributed by atoms with van der Waals surface area (Å²) in [7, 11) is 0. The highest BCUT2D eigenvalue weighted by molar-refractivity contribution is 7.98. The van der Waals surface area contributed by atoms with Crippen LogP contribution in [0.5, 0.6) is 0 Å². The Kier molecular flexibility index (Phi) is 4.68. The quantitative estimate of drug-likeness (QED) is 0.730. The van der Waals surface area contributed by atoms with Gasteiger partial charge in [0, 0.05) is 16.1 Å². The molecular weight excluding hydrogens is 310 g/mol. The predicted molar refractivity (Wildman–Crippen MR) is 90.1 cm³/mol. The van der Waals surface area contributed by atoms with Crippen molar-refractivity contribution in [1.82, 2.24) is 20.2 Å². The molecule has 0 saturated heterocycles. The minimum Gasteiger partial charge on any atom is -0.324 e. The molecule has 0 aliphatic heterocycles. The van der Waals surface area contributed by atoms with E-state index in [2.05, 4.69) is 20.7 Å². The molecule has 0 aliphatic carbocycles. The van der Waals surface area contributed by atoms with E-state index in [0.29, 0.717) is 5.82 Å². The van der Waals surface area contributed by atoms with Crippen LogP contribution in [0.2, 0.25) is 0 Å². The molecule has 1 amide bonds. The van der Waals surface area contributed by atoms with E-state index in [9.17, 15) is 4.79 Å². The number of aromatic nitrogens is 4. The third-order valence-electron chi connectivity index (χ3n) is 3.12. The number of carbonyl (C=O) groups excluding carboxylic acids is 1. The zero-order chi connectivity index (χ0) is 16.1. The number of carbonyl (C=O) groups is 1. The number of benzene rings is 2. The van der Waals surface area contributed by atoms with Crippen LogP contribution in [0.1, 0.15) is 0 Å². The lowest BCUT2D eigenvalue weighted by Crippen LogP contribution is -2.20. The zero-order valence-electron chi connectivity index (χ0n) is 12.5. The number of hydrogen-bond acceptors (Lipinski definition) is 5. The van der Waals surface area contributed by atoms with Gasteiger partial charge >= 0.3 is 0 Å². The number of rotatable bonds is 5. The fourth-order valence-electron chi connectivity index (χ4n) is 2.04. The lowest BCUT2D eigenvalue weighted by molar-refractivity contribution is -0.117. The highest BCUT2D eigenvalue weighted by Gasteiger charge is 2.09. The van der Waals surface area contributed by atoms with Crippen molar-refractivity contribution >= 4 is 23.4 Å². The Hall–Kier alpha value is -2.67. The van der Waals surface area contributed by atoms with Crippen LogP contribution in [0.3, 0.4) is 0 Å². The Morgan fingerprint density at radius 1 is 1.17 bits per heavy atom. The smallest absolute Gasteiger partial charge is 0.248 e. The molecule has 0 atom stereocenters. The summed E-state index contributed by atoms with van der Waals surface area (Å²) in [5.74, 6) is 0.308. The summed E-state index contributed by atoms with van der Waals surface area (Å²) >= 11 is 1.62. The van der Waals surface area contributed by atoms with Gasteiger partial charge in [0.15, 0.2) is 0 Å². The summed E-state index contributed by atoms with van der Waals surface area (Å²) in [6.45, 7) is 0.0172. The molecule has 3 rings (SSSR count). The number of thioether (sulfide) groups is 1. The van der Waals surface area contributed by atoms with Crippen molar-refractivity contribution in [2.45, 2.75) is 11.4 Å². The van der Waals surface area contributed by atoms with Gasteiger partial charge in [0.1, 0.15) is 6.54 Å². The highest BCUT2D eigenvalue weighted by Crippen LogP contribution is 2.19. The van der Waals surface area contributed by atoms with Gasteiger partial charge in [-0.2, -0.15) is 4.80 Å². The van der Waals surface area contributed by atoms with Crippen LogP contribution in [-0.4, -0.2) is 32.4 Å². The summed E-state index contributed by atoms with van der Waals surface area (Å²) in [5, 5.41) is 14.9. The topological polar surface area (TPSA) is 72.7 Å². The summed E-state index contributed by atoms with van der Waals surface area (Å²) in [6, 6.07) is 17.2. The van der Waals surface area contributed by atoms with Crippen molar-refractivity contribution < 1.29 is 4.79 Å². The van der Waals surface area contributed by atoms with Crippen molar-refractivity contribution in [3.63, 3.8) is 0 Å². The molecule has 1 aromatic heterocycles. The third kappa shape index (κ3) is 3.95. The molecule has 116 valence electrons. The van der Waals surface area contributed by atoms with Crippen LogP contribution in [-0.2, 0) is 11.3 Å². The number of amides is 1. The summed E-state index contributed by atoms with van der Waals surface area (Å²) in [6.07, 6.45) is 1.99. The van der Waals surface area contributed by atoms with Crippen molar-refractivity contribution in [1.29, 1.82) is 0 Å². The molecule has 3 aromatic rings. The van der Waals surface area contributed by atoms with Gasteiger partial charge in [-0.3, -0.25) is 4.79 Å². The van der Waals surface area contributed by atoms with Crippen LogP contribution in [0.25, 0.3) is 11.4 Å². The van der Waals surface area contributed by atoms with E-state index in [-0.39, 0.29) is 12.5 Å². The van der Waals surface area contributed by atoms with E-state index in [1.807, 2.05) is 60.9 Å². The third-order valence-corrected chi connectivity index (χ3v) is 3.85. The minimum atomic E-state index is -0.194. The second-order valence-corrected chi connectivity index (χ2v) is 5.67. The van der Waals surface area contributed by atoms with E-state index < -0.39 is 0 Å². The number of nitrogens with zero attached hydrogens (tertiary/aromatic N) is 4. The predicted octanol–water partition coefficient (Wildman–Crippen LogP) is 2.70. The second kappa shape index (κ2) is 7.06. The maximum atomic E-state index is 12.1. The Bertz CT molecular complexity index is 803. The Morgan fingerprint density at radius 3 is 2.78 bits per heavy atom. The lowest BCUT2D eigenvalue weighted by atomic mass is 10.2. The molecule has 7 heteroatoms. The van der Waals surface area contributed by atoms with Gasteiger partial charge in [-0.05, 0) is 29.7 Å². The fraction of sp³-hybridized carbons (Fsp3) is 0.125. The number of anilines is 1. The molecule has 1 N–H and O–H groups in total. The van der Waals surface area contributed by atoms with Gasteiger partial charge < -0.3 is 5.32 Å². The van der Waals surface area contributed by atoms with Gasteiger partial charge in [0.25, 0.3) is 0 Å². The van der Waals surface area contributed by atoms with E-state index >= 15 is 0 Å². The first-order valence-corrected chi connectivity index (χ1v) is 8.24. The molecule has 0 unspecified atom stereocenters. The molecule has 2 aromatic carbocycles. The first-order valence-electron chi connectivity index (χ1n) is 7.02. The van der Waals surface area contributed by atoms with Crippen LogP contribution < -0.4 is 5.32 Å². The fourth-order valence-corrected chi connectivity index (χ4v) is 2.50. The molecule has 0 aliphatic rings. The normalized spacial score (nSPS) is 10.5. The molecule has 0 spiro atoms. The molecule has 0 fully saturated rings. The van der Waals surface area contributed by atoms with E-state index in [1.54, 1.807) is 11.8 Å².